The lowest BCUT2D eigenvalue weighted by molar-refractivity contribution is -0.929. The number of hydrogen-bond acceptors (Lipinski definition) is 20. The third-order valence-electron chi connectivity index (χ3n) is 17.3. The Balaban J connectivity index is 0.000000351. The molecule has 24 heteroatoms. The minimum Gasteiger partial charge on any atom is -0.744 e. The van der Waals surface area contributed by atoms with E-state index >= 15 is 0 Å². The van der Waals surface area contributed by atoms with Gasteiger partial charge in [0.05, 0.1) is 88.6 Å². The highest BCUT2D eigenvalue weighted by Crippen LogP contribution is 2.30. The number of unbranched alkanes of at least 4 members (excludes halogenated alkanes) is 8. The van der Waals surface area contributed by atoms with Crippen molar-refractivity contribution in [1.29, 1.82) is 0 Å². The van der Waals surface area contributed by atoms with Gasteiger partial charge in [-0.2, -0.15) is 29.9 Å². The molecule has 528 valence electrons. The van der Waals surface area contributed by atoms with Gasteiger partial charge in [-0.3, -0.25) is 0 Å². The highest BCUT2D eigenvalue weighted by atomic mass is 32.2. The van der Waals surface area contributed by atoms with E-state index in [1.165, 1.54) is 200 Å². The van der Waals surface area contributed by atoms with E-state index in [0.717, 1.165) is 23.5 Å². The van der Waals surface area contributed by atoms with Crippen LogP contribution in [-0.2, 0) is 29.7 Å². The number of nitrogens with zero attached hydrogens (tertiary/aromatic N) is 10. The largest absolute Gasteiger partial charge is 0.744 e. The fourth-order valence-corrected chi connectivity index (χ4v) is 13.1. The van der Waals surface area contributed by atoms with E-state index < -0.39 is 30.0 Å². The van der Waals surface area contributed by atoms with Gasteiger partial charge in [0.1, 0.15) is 20.2 Å². The van der Waals surface area contributed by atoms with E-state index in [2.05, 4.69) is 107 Å². The van der Waals surface area contributed by atoms with E-state index in [4.69, 9.17) is 9.47 Å². The molecule has 0 radical (unpaired) electrons. The Bertz CT molecular complexity index is 3170. The molecule has 2 aliphatic heterocycles. The summed E-state index contributed by atoms with van der Waals surface area (Å²) in [6.07, 6.45) is 24.6. The molecule has 0 atom stereocenters. The maximum absolute atomic E-state index is 12.6. The molecule has 2 aliphatic rings. The van der Waals surface area contributed by atoms with E-state index in [0.29, 0.717) is 64.5 Å². The van der Waals surface area contributed by atoms with Crippen LogP contribution < -0.4 is 31.1 Å². The molecular weight excluding hydrogens is 1250 g/mol. The van der Waals surface area contributed by atoms with Gasteiger partial charge < -0.3 is 58.6 Å². The number of ether oxygens (including phenoxy) is 2. The highest BCUT2D eigenvalue weighted by molar-refractivity contribution is 7.86. The summed E-state index contributed by atoms with van der Waals surface area (Å²) in [6, 6.07) is 26.4. The summed E-state index contributed by atoms with van der Waals surface area (Å²) in [4.78, 5) is 29.7. The third kappa shape index (κ3) is 26.5. The van der Waals surface area contributed by atoms with Crippen molar-refractivity contribution in [3.63, 3.8) is 0 Å². The van der Waals surface area contributed by atoms with Gasteiger partial charge in [-0.05, 0) is 111 Å². The number of quaternary nitrogens is 2. The minimum atomic E-state index is -5.10. The summed E-state index contributed by atoms with van der Waals surface area (Å²) in [6.45, 7) is 34.1. The number of anilines is 10. The monoisotopic (exact) mass is 1360 g/mol. The van der Waals surface area contributed by atoms with Gasteiger partial charge in [0.2, 0.25) is 35.7 Å². The zero-order chi connectivity index (χ0) is 69.1. The molecule has 0 unspecified atom stereocenters. The summed E-state index contributed by atoms with van der Waals surface area (Å²) in [7, 11) is -10.2. The first kappa shape index (κ1) is 78.1. The molecule has 0 bridgehead atoms. The summed E-state index contributed by atoms with van der Waals surface area (Å²) in [5.74, 6) is 1.26. The van der Waals surface area contributed by atoms with Crippen LogP contribution in [0.25, 0.3) is 12.2 Å². The molecule has 4 heterocycles. The SMILES string of the molecule is CCCC[N+](CCCC)(CCCC)CCCC.CCCC[N+](CCCC)(CCCC)CCCC.O=S(=O)([O-])c1cc(Nc2nc(Nc3ccccc3)nc(N3CCOCC3)n2)ccc1C=Cc1ccc(Nc2nc(Nc3ccccc3)nc(N3CCOCC3)n2)cc1S(=O)(=O)[O-]. The molecule has 2 fully saturated rings. The summed E-state index contributed by atoms with van der Waals surface area (Å²) >= 11 is 0. The Morgan fingerprint density at radius 3 is 0.896 bits per heavy atom. The van der Waals surface area contributed by atoms with Crippen molar-refractivity contribution in [2.45, 2.75) is 168 Å². The van der Waals surface area contributed by atoms with Crippen molar-refractivity contribution in [2.24, 2.45) is 0 Å². The number of rotatable bonds is 38. The lowest BCUT2D eigenvalue weighted by atomic mass is 10.1. The molecule has 96 heavy (non-hydrogen) atoms. The number of para-hydroxylation sites is 2. The molecule has 0 aliphatic carbocycles. The van der Waals surface area contributed by atoms with Gasteiger partial charge >= 0.3 is 0 Å². The van der Waals surface area contributed by atoms with Crippen molar-refractivity contribution in [3.05, 3.63) is 108 Å². The molecular formula is C72H110N14O8S2. The molecule has 2 saturated heterocycles. The van der Waals surface area contributed by atoms with Gasteiger partial charge in [-0.15, -0.1) is 0 Å². The second-order valence-corrected chi connectivity index (χ2v) is 27.7. The number of nitrogens with one attached hydrogen (secondary N) is 4. The minimum absolute atomic E-state index is 0.0645. The molecule has 4 N–H and O–H groups in total. The Morgan fingerprint density at radius 2 is 0.646 bits per heavy atom. The predicted octanol–water partition coefficient (Wildman–Crippen LogP) is 14.7. The van der Waals surface area contributed by atoms with Crippen LogP contribution in [0.4, 0.5) is 58.4 Å². The van der Waals surface area contributed by atoms with Gasteiger partial charge in [-0.25, -0.2) is 16.8 Å². The van der Waals surface area contributed by atoms with Crippen molar-refractivity contribution in [3.8, 4) is 0 Å². The van der Waals surface area contributed by atoms with Crippen LogP contribution in [0.3, 0.4) is 0 Å². The number of hydrogen-bond donors (Lipinski definition) is 4. The normalized spacial score (nSPS) is 13.8. The number of morpholine rings is 2. The Kier molecular flexibility index (Phi) is 33.7. The molecule has 8 rings (SSSR count). The highest BCUT2D eigenvalue weighted by Gasteiger charge is 2.27. The molecule has 0 spiro atoms. The molecule has 2 aromatic heterocycles. The Labute approximate surface area is 574 Å². The molecule has 6 aromatic rings. The Hall–Kier alpha value is -6.90. The first-order valence-corrected chi connectivity index (χ1v) is 38.2. The fraction of sp³-hybridized carbons (Fsp3) is 0.556. The number of benzene rings is 4. The lowest BCUT2D eigenvalue weighted by Gasteiger charge is -2.39. The quantitative estimate of drug-likeness (QED) is 0.0159. The van der Waals surface area contributed by atoms with Crippen LogP contribution >= 0.6 is 0 Å². The van der Waals surface area contributed by atoms with Gasteiger partial charge in [0.25, 0.3) is 0 Å². The van der Waals surface area contributed by atoms with E-state index in [1.54, 1.807) is 0 Å². The zero-order valence-corrected chi connectivity index (χ0v) is 60.2. The zero-order valence-electron chi connectivity index (χ0n) is 58.6. The van der Waals surface area contributed by atoms with Gasteiger partial charge in [0, 0.05) is 48.9 Å². The molecule has 0 saturated carbocycles. The average molecular weight is 1360 g/mol. The summed E-state index contributed by atoms with van der Waals surface area (Å²) in [5, 5.41) is 12.2. The molecule has 22 nitrogen and oxygen atoms in total. The summed E-state index contributed by atoms with van der Waals surface area (Å²) < 4.78 is 89.5. The lowest BCUT2D eigenvalue weighted by Crippen LogP contribution is -2.50. The van der Waals surface area contributed by atoms with Crippen molar-refractivity contribution in [2.75, 3.05) is 136 Å². The van der Waals surface area contributed by atoms with Crippen LogP contribution in [-0.4, -0.2) is 170 Å². The smallest absolute Gasteiger partial charge is 0.233 e. The van der Waals surface area contributed by atoms with Crippen molar-refractivity contribution >= 4 is 90.8 Å². The predicted molar refractivity (Wildman–Crippen MR) is 388 cm³/mol. The topological polar surface area (TPSA) is 265 Å². The van der Waals surface area contributed by atoms with Crippen LogP contribution in [0.1, 0.15) is 169 Å². The first-order valence-electron chi connectivity index (χ1n) is 35.4. The molecule has 0 amide bonds. The van der Waals surface area contributed by atoms with E-state index in [9.17, 15) is 25.9 Å². The molecule has 4 aromatic carbocycles. The van der Waals surface area contributed by atoms with Crippen LogP contribution in [0.15, 0.2) is 107 Å². The van der Waals surface area contributed by atoms with E-state index in [-0.39, 0.29) is 46.3 Å². The third-order valence-corrected chi connectivity index (χ3v) is 19.1. The maximum Gasteiger partial charge on any atom is 0.233 e. The standard InChI is InChI=1S/C40H40N12O8S2.2C16H36N/c53-61(54,55)33-25-31(43-37-45-35(41-29-7-3-1-4-8-29)47-39(49-37)51-17-21-59-22-18-51)15-13-27(33)11-12-28-14-16-32(26-34(28)62(56,57)58)44-38-46-36(42-30-9-5-2-6-10-30)48-40(50-38)52-19-23-60-24-20-52;2*1-5-9-13-17(14-10-6-2,15-11-7-3)16-12-8-4/h1-16,25-26H,17-24H2,(H,53,54,55)(H,56,57,58)(H2,41,43,45,47,49)(H2,42,44,46,48,50);2*5-16H2,1-4H3/q;2*+1/p-2. The summed E-state index contributed by atoms with van der Waals surface area (Å²) in [5.41, 5.74) is 1.63. The van der Waals surface area contributed by atoms with Gasteiger partial charge in [-0.1, -0.05) is 167 Å². The second kappa shape index (κ2) is 41.4. The maximum atomic E-state index is 12.6. The van der Waals surface area contributed by atoms with Crippen LogP contribution in [0.2, 0.25) is 0 Å². The van der Waals surface area contributed by atoms with Crippen LogP contribution in [0, 0.1) is 0 Å². The fourth-order valence-electron chi connectivity index (χ4n) is 11.7. The Morgan fingerprint density at radius 1 is 0.385 bits per heavy atom. The number of aromatic nitrogens is 6. The van der Waals surface area contributed by atoms with Gasteiger partial charge in [0.15, 0.2) is 0 Å². The van der Waals surface area contributed by atoms with Crippen molar-refractivity contribution in [1.82, 2.24) is 29.9 Å². The van der Waals surface area contributed by atoms with Crippen molar-refractivity contribution < 1.29 is 44.4 Å². The first-order chi connectivity index (χ1) is 46.4. The average Bonchev–Trinajstić information content (AvgIpc) is 0.888. The van der Waals surface area contributed by atoms with E-state index in [1.807, 2.05) is 70.5 Å². The van der Waals surface area contributed by atoms with Crippen LogP contribution in [0.5, 0.6) is 0 Å². The second-order valence-electron chi connectivity index (χ2n) is 25.0.